The fraction of sp³-hybridized carbons (Fsp3) is 0.486. The van der Waals surface area contributed by atoms with Crippen LogP contribution in [0.5, 0.6) is 11.5 Å². The molecule has 12 nitrogen and oxygen atoms in total. The van der Waals surface area contributed by atoms with Crippen LogP contribution in [-0.4, -0.2) is 95.5 Å². The maximum absolute atomic E-state index is 12.3. The van der Waals surface area contributed by atoms with Crippen molar-refractivity contribution >= 4 is 34.0 Å². The molecule has 0 spiro atoms. The van der Waals surface area contributed by atoms with Gasteiger partial charge in [0.15, 0.2) is 11.5 Å². The van der Waals surface area contributed by atoms with Crippen LogP contribution < -0.4 is 25.4 Å². The van der Waals surface area contributed by atoms with Crippen LogP contribution in [0.4, 0.5) is 5.82 Å². The monoisotopic (exact) mass is 707 g/mol. The van der Waals surface area contributed by atoms with Crippen molar-refractivity contribution in [3.63, 3.8) is 0 Å². The summed E-state index contributed by atoms with van der Waals surface area (Å²) in [5.74, 6) is 2.61. The SMILES string of the molecule is COc1cc2nc(C)nc3c2cc1OCCOCCOCCOCCOCCNC(=O)CCCNCc1ccccc1-c1ccc(s1)C(C)N3. The second kappa shape index (κ2) is 20.1. The number of hydrogen-bond donors (Lipinski definition) is 3. The Hall–Kier alpha value is -3.85. The molecule has 0 aliphatic carbocycles. The van der Waals surface area contributed by atoms with Gasteiger partial charge in [-0.25, -0.2) is 9.97 Å². The minimum atomic E-state index is -0.0127. The van der Waals surface area contributed by atoms with Crippen molar-refractivity contribution < 1.29 is 33.2 Å². The Bertz CT molecular complexity index is 1650. The molecule has 1 aliphatic rings. The first-order valence-corrected chi connectivity index (χ1v) is 18.1. The highest BCUT2D eigenvalue weighted by Crippen LogP contribution is 2.37. The predicted molar refractivity (Wildman–Crippen MR) is 195 cm³/mol. The van der Waals surface area contributed by atoms with E-state index in [0.717, 1.165) is 29.7 Å². The van der Waals surface area contributed by atoms with Gasteiger partial charge in [0.25, 0.3) is 0 Å². The van der Waals surface area contributed by atoms with Crippen LogP contribution in [0.25, 0.3) is 21.3 Å². The zero-order valence-corrected chi connectivity index (χ0v) is 30.1. The molecular weight excluding hydrogens is 659 g/mol. The minimum Gasteiger partial charge on any atom is -0.493 e. The summed E-state index contributed by atoms with van der Waals surface area (Å²) in [6.07, 6.45) is 1.21. The lowest BCUT2D eigenvalue weighted by atomic mass is 10.1. The number of rotatable bonds is 1. The molecule has 1 unspecified atom stereocenters. The fourth-order valence-corrected chi connectivity index (χ4v) is 6.55. The van der Waals surface area contributed by atoms with Crippen molar-refractivity contribution in [3.8, 4) is 21.9 Å². The van der Waals surface area contributed by atoms with Crippen molar-refractivity contribution in [1.82, 2.24) is 20.6 Å². The molecule has 3 heterocycles. The zero-order valence-electron chi connectivity index (χ0n) is 29.3. The van der Waals surface area contributed by atoms with E-state index < -0.39 is 0 Å². The van der Waals surface area contributed by atoms with E-state index in [1.165, 1.54) is 20.9 Å². The summed E-state index contributed by atoms with van der Waals surface area (Å²) in [5.41, 5.74) is 3.18. The number of hydrogen-bond acceptors (Lipinski definition) is 12. The Morgan fingerprint density at radius 2 is 1.58 bits per heavy atom. The second-order valence-corrected chi connectivity index (χ2v) is 12.9. The predicted octanol–water partition coefficient (Wildman–Crippen LogP) is 5.29. The Morgan fingerprint density at radius 3 is 2.34 bits per heavy atom. The number of aryl methyl sites for hydroxylation is 1. The summed E-state index contributed by atoms with van der Waals surface area (Å²) in [4.78, 5) is 24.1. The molecular formula is C37H49N5O7S. The molecule has 2 aromatic carbocycles. The second-order valence-electron chi connectivity index (χ2n) is 11.8. The number of thiophene rings is 1. The number of ether oxygens (including phenoxy) is 6. The smallest absolute Gasteiger partial charge is 0.220 e. The third-order valence-electron chi connectivity index (χ3n) is 8.03. The van der Waals surface area contributed by atoms with Crippen molar-refractivity contribution in [2.45, 2.75) is 39.3 Å². The van der Waals surface area contributed by atoms with Crippen molar-refractivity contribution in [2.75, 3.05) is 85.0 Å². The topological polar surface area (TPSA) is 134 Å². The van der Waals surface area contributed by atoms with Crippen LogP contribution in [0, 0.1) is 6.92 Å². The Morgan fingerprint density at radius 1 is 0.860 bits per heavy atom. The van der Waals surface area contributed by atoms with Gasteiger partial charge in [0.05, 0.1) is 71.5 Å². The molecule has 4 bridgehead atoms. The number of amides is 1. The van der Waals surface area contributed by atoms with Crippen molar-refractivity contribution in [2.24, 2.45) is 0 Å². The van der Waals surface area contributed by atoms with E-state index in [2.05, 4.69) is 64.3 Å². The molecule has 0 saturated carbocycles. The van der Waals surface area contributed by atoms with Crippen LogP contribution in [0.1, 0.15) is 42.1 Å². The minimum absolute atomic E-state index is 0.0127. The molecule has 0 radical (unpaired) electrons. The van der Waals surface area contributed by atoms with Gasteiger partial charge in [-0.3, -0.25) is 4.79 Å². The lowest BCUT2D eigenvalue weighted by molar-refractivity contribution is -0.121. The number of fused-ring (bicyclic) bond motifs is 5. The lowest BCUT2D eigenvalue weighted by Crippen LogP contribution is -2.28. The van der Waals surface area contributed by atoms with Gasteiger partial charge in [-0.1, -0.05) is 24.3 Å². The summed E-state index contributed by atoms with van der Waals surface area (Å²) in [5, 5.41) is 10.9. The number of benzene rings is 2. The summed E-state index contributed by atoms with van der Waals surface area (Å²) in [6.45, 7) is 9.91. The molecule has 1 atom stereocenters. The summed E-state index contributed by atoms with van der Waals surface area (Å²) >= 11 is 1.76. The number of carbonyl (C=O) groups is 1. The molecule has 0 saturated heterocycles. The van der Waals surface area contributed by atoms with E-state index in [1.54, 1.807) is 18.4 Å². The van der Waals surface area contributed by atoms with E-state index in [0.29, 0.717) is 96.3 Å². The summed E-state index contributed by atoms with van der Waals surface area (Å²) in [6, 6.07) is 16.6. The number of aromatic nitrogens is 2. The number of nitrogens with one attached hydrogen (secondary N) is 3. The first-order chi connectivity index (χ1) is 24.5. The third-order valence-corrected chi connectivity index (χ3v) is 9.33. The molecule has 4 aromatic rings. The largest absolute Gasteiger partial charge is 0.493 e. The van der Waals surface area contributed by atoms with Crippen LogP contribution in [0.2, 0.25) is 0 Å². The molecule has 3 N–H and O–H groups in total. The zero-order chi connectivity index (χ0) is 35.0. The van der Waals surface area contributed by atoms with Gasteiger partial charge in [-0.2, -0.15) is 0 Å². The van der Waals surface area contributed by atoms with E-state index in [4.69, 9.17) is 33.4 Å². The first kappa shape index (κ1) is 37.4. The van der Waals surface area contributed by atoms with Crippen molar-refractivity contribution in [3.05, 3.63) is 64.8 Å². The normalized spacial score (nSPS) is 18.7. The first-order valence-electron chi connectivity index (χ1n) is 17.2. The Balaban J connectivity index is 1.28. The van der Waals surface area contributed by atoms with Crippen LogP contribution in [0.3, 0.4) is 0 Å². The standard InChI is InChI=1S/C37H49N5O7S/c1-26-34-10-11-35(50-34)29-8-5-4-7-28(29)25-38-12-6-9-36(43)39-13-14-45-15-16-46-17-18-47-19-20-48-21-22-49-33-23-30-31(24-32(33)44-3)41-27(2)42-37(30)40-26/h4-5,7-8,10-11,23-24,26,38H,6,9,12-22,25H2,1-3H3,(H,39,43)(H,40,41,42). The van der Waals surface area contributed by atoms with E-state index in [9.17, 15) is 4.79 Å². The van der Waals surface area contributed by atoms with Crippen LogP contribution in [0.15, 0.2) is 48.5 Å². The number of anilines is 1. The van der Waals surface area contributed by atoms with Crippen molar-refractivity contribution in [1.29, 1.82) is 0 Å². The average Bonchev–Trinajstić information content (AvgIpc) is 3.61. The average molecular weight is 708 g/mol. The Labute approximate surface area is 298 Å². The lowest BCUT2D eigenvalue weighted by Gasteiger charge is -2.17. The van der Waals surface area contributed by atoms with Gasteiger partial charge in [-0.15, -0.1) is 11.3 Å². The molecule has 50 heavy (non-hydrogen) atoms. The molecule has 5 rings (SSSR count). The van der Waals surface area contributed by atoms with Gasteiger partial charge >= 0.3 is 0 Å². The number of nitrogens with zero attached hydrogens (tertiary/aromatic N) is 2. The quantitative estimate of drug-likeness (QED) is 0.238. The molecule has 13 heteroatoms. The third kappa shape index (κ3) is 11.3. The summed E-state index contributed by atoms with van der Waals surface area (Å²) < 4.78 is 34.1. The molecule has 270 valence electrons. The highest BCUT2D eigenvalue weighted by molar-refractivity contribution is 7.15. The van der Waals surface area contributed by atoms with Crippen LogP contribution in [-0.2, 0) is 30.3 Å². The summed E-state index contributed by atoms with van der Waals surface area (Å²) in [7, 11) is 1.62. The molecule has 1 amide bonds. The molecule has 2 aromatic heterocycles. The van der Waals surface area contributed by atoms with Gasteiger partial charge in [0, 0.05) is 40.7 Å². The van der Waals surface area contributed by atoms with Gasteiger partial charge in [0.1, 0.15) is 18.2 Å². The highest BCUT2D eigenvalue weighted by atomic mass is 32.1. The van der Waals surface area contributed by atoms with E-state index in [1.807, 2.05) is 19.1 Å². The van der Waals surface area contributed by atoms with Gasteiger partial charge in [-0.05, 0) is 56.1 Å². The number of carbonyl (C=O) groups excluding carboxylic acids is 1. The fourth-order valence-electron chi connectivity index (χ4n) is 5.48. The van der Waals surface area contributed by atoms with E-state index in [-0.39, 0.29) is 11.9 Å². The molecule has 0 fully saturated rings. The van der Waals surface area contributed by atoms with Gasteiger partial charge in [0.2, 0.25) is 5.91 Å². The number of methoxy groups -OCH3 is 1. The maximum atomic E-state index is 12.3. The Kier molecular flexibility index (Phi) is 15.0. The molecule has 1 aliphatic heterocycles. The van der Waals surface area contributed by atoms with Crippen LogP contribution >= 0.6 is 11.3 Å². The van der Waals surface area contributed by atoms with Gasteiger partial charge < -0.3 is 44.4 Å². The maximum Gasteiger partial charge on any atom is 0.220 e. The highest BCUT2D eigenvalue weighted by Gasteiger charge is 2.17. The van der Waals surface area contributed by atoms with E-state index >= 15 is 0 Å².